The largest absolute Gasteiger partial charge is 0.391 e. The zero-order valence-electron chi connectivity index (χ0n) is 10.2. The fourth-order valence-electron chi connectivity index (χ4n) is 2.20. The lowest BCUT2D eigenvalue weighted by Gasteiger charge is -2.08. The van der Waals surface area contributed by atoms with Gasteiger partial charge in [0.1, 0.15) is 0 Å². The maximum Gasteiger partial charge on any atom is 0.196 e. The third kappa shape index (κ3) is 2.07. The minimum Gasteiger partial charge on any atom is -0.391 e. The smallest absolute Gasteiger partial charge is 0.196 e. The normalized spacial score (nSPS) is 10.8. The predicted octanol–water partition coefficient (Wildman–Crippen LogP) is 3.42. The van der Waals surface area contributed by atoms with E-state index in [0.29, 0.717) is 10.9 Å². The topological polar surface area (TPSA) is 37.3 Å². The molecule has 0 aliphatic heterocycles. The number of benzene rings is 2. The van der Waals surface area contributed by atoms with Crippen LogP contribution in [0.25, 0.3) is 21.2 Å². The van der Waals surface area contributed by atoms with Crippen molar-refractivity contribution in [3.63, 3.8) is 0 Å². The van der Waals surface area contributed by atoms with Crippen LogP contribution in [0.15, 0.2) is 59.4 Å². The van der Waals surface area contributed by atoms with Crippen LogP contribution in [0.1, 0.15) is 4.88 Å². The second kappa shape index (κ2) is 4.96. The van der Waals surface area contributed by atoms with Crippen LogP contribution in [0.4, 0.5) is 0 Å². The highest BCUT2D eigenvalue weighted by atomic mass is 32.1. The highest BCUT2D eigenvalue weighted by molar-refractivity contribution is 7.18. The highest BCUT2D eigenvalue weighted by Crippen LogP contribution is 2.28. The number of rotatable bonds is 2. The van der Waals surface area contributed by atoms with E-state index in [2.05, 4.69) is 0 Å². The Balaban J connectivity index is 2.41. The number of hydrogen-bond acceptors (Lipinski definition) is 3. The number of aliphatic hydroxyl groups excluding tert-OH is 1. The molecule has 2 aromatic carbocycles. The van der Waals surface area contributed by atoms with E-state index in [-0.39, 0.29) is 12.0 Å². The lowest BCUT2D eigenvalue weighted by atomic mass is 10.0. The molecule has 0 aliphatic carbocycles. The first-order valence-electron chi connectivity index (χ1n) is 6.02. The van der Waals surface area contributed by atoms with Crippen molar-refractivity contribution in [2.45, 2.75) is 6.61 Å². The van der Waals surface area contributed by atoms with Crippen molar-refractivity contribution in [3.05, 3.63) is 69.7 Å². The van der Waals surface area contributed by atoms with Crippen molar-refractivity contribution >= 4 is 21.4 Å². The van der Waals surface area contributed by atoms with Crippen LogP contribution >= 0.6 is 11.3 Å². The second-order valence-corrected chi connectivity index (χ2v) is 5.39. The van der Waals surface area contributed by atoms with Crippen LogP contribution in [-0.2, 0) is 6.61 Å². The Kier molecular flexibility index (Phi) is 3.15. The summed E-state index contributed by atoms with van der Waals surface area (Å²) in [7, 11) is 0. The number of hydrogen-bond donors (Lipinski definition) is 1. The van der Waals surface area contributed by atoms with Gasteiger partial charge in [-0.3, -0.25) is 4.79 Å². The Morgan fingerprint density at radius 1 is 0.947 bits per heavy atom. The SMILES string of the molecule is O=c1c(-c2ccccc2)c(CO)sc2ccccc12. The Morgan fingerprint density at radius 2 is 1.63 bits per heavy atom. The zero-order chi connectivity index (χ0) is 13.2. The summed E-state index contributed by atoms with van der Waals surface area (Å²) in [6.45, 7) is -0.116. The zero-order valence-corrected chi connectivity index (χ0v) is 11.0. The molecule has 0 bridgehead atoms. The van der Waals surface area contributed by atoms with Crippen molar-refractivity contribution in [2.24, 2.45) is 0 Å². The van der Waals surface area contributed by atoms with Gasteiger partial charge in [0.2, 0.25) is 0 Å². The van der Waals surface area contributed by atoms with Crippen LogP contribution in [0.2, 0.25) is 0 Å². The van der Waals surface area contributed by atoms with E-state index in [0.717, 1.165) is 15.1 Å². The molecule has 3 rings (SSSR count). The van der Waals surface area contributed by atoms with Crippen molar-refractivity contribution in [1.29, 1.82) is 0 Å². The van der Waals surface area contributed by atoms with Crippen LogP contribution < -0.4 is 5.43 Å². The highest BCUT2D eigenvalue weighted by Gasteiger charge is 2.13. The van der Waals surface area contributed by atoms with E-state index in [1.165, 1.54) is 11.3 Å². The average molecular weight is 268 g/mol. The number of fused-ring (bicyclic) bond motifs is 1. The molecule has 0 radical (unpaired) electrons. The molecule has 2 nitrogen and oxygen atoms in total. The van der Waals surface area contributed by atoms with E-state index in [1.54, 1.807) is 0 Å². The molecule has 0 amide bonds. The summed E-state index contributed by atoms with van der Waals surface area (Å²) in [6, 6.07) is 17.0. The lowest BCUT2D eigenvalue weighted by Crippen LogP contribution is -2.07. The summed E-state index contributed by atoms with van der Waals surface area (Å²) in [5, 5.41) is 10.2. The molecule has 0 fully saturated rings. The van der Waals surface area contributed by atoms with Crippen LogP contribution in [0.5, 0.6) is 0 Å². The molecule has 0 atom stereocenters. The van der Waals surface area contributed by atoms with Crippen LogP contribution in [0.3, 0.4) is 0 Å². The molecule has 19 heavy (non-hydrogen) atoms. The second-order valence-electron chi connectivity index (χ2n) is 4.25. The molecule has 0 unspecified atom stereocenters. The van der Waals surface area contributed by atoms with Gasteiger partial charge < -0.3 is 5.11 Å². The molecule has 0 aliphatic rings. The van der Waals surface area contributed by atoms with Crippen LogP contribution in [-0.4, -0.2) is 5.11 Å². The lowest BCUT2D eigenvalue weighted by molar-refractivity contribution is 0.286. The maximum atomic E-state index is 12.6. The summed E-state index contributed by atoms with van der Waals surface area (Å²) in [4.78, 5) is 13.3. The fraction of sp³-hybridized carbons (Fsp3) is 0.0625. The van der Waals surface area contributed by atoms with Gasteiger partial charge in [0.15, 0.2) is 5.43 Å². The Morgan fingerprint density at radius 3 is 2.37 bits per heavy atom. The molecule has 1 heterocycles. The molecular weight excluding hydrogens is 256 g/mol. The number of aliphatic hydroxyl groups is 1. The molecule has 0 saturated heterocycles. The van der Waals surface area contributed by atoms with Gasteiger partial charge in [-0.05, 0) is 17.7 Å². The Labute approximate surface area is 114 Å². The maximum absolute atomic E-state index is 12.6. The van der Waals surface area contributed by atoms with E-state index < -0.39 is 0 Å². The van der Waals surface area contributed by atoms with E-state index >= 15 is 0 Å². The van der Waals surface area contributed by atoms with Gasteiger partial charge in [-0.25, -0.2) is 0 Å². The van der Waals surface area contributed by atoms with Gasteiger partial charge in [-0.2, -0.15) is 0 Å². The Bertz CT molecular complexity index is 776. The molecule has 0 saturated carbocycles. The molecular formula is C16H12O2S. The van der Waals surface area contributed by atoms with Gasteiger partial charge in [-0.15, -0.1) is 11.3 Å². The summed E-state index contributed by atoms with van der Waals surface area (Å²) in [5.74, 6) is 0. The van der Waals surface area contributed by atoms with Crippen LogP contribution in [0, 0.1) is 0 Å². The monoisotopic (exact) mass is 268 g/mol. The Hall–Kier alpha value is -1.97. The van der Waals surface area contributed by atoms with Gasteiger partial charge >= 0.3 is 0 Å². The van der Waals surface area contributed by atoms with Gasteiger partial charge in [0, 0.05) is 20.5 Å². The molecule has 1 aromatic heterocycles. The fourth-order valence-corrected chi connectivity index (χ4v) is 3.26. The molecule has 3 aromatic rings. The quantitative estimate of drug-likeness (QED) is 0.773. The van der Waals surface area contributed by atoms with Crippen molar-refractivity contribution < 1.29 is 5.11 Å². The first-order valence-corrected chi connectivity index (χ1v) is 6.84. The minimum atomic E-state index is -0.116. The summed E-state index contributed by atoms with van der Waals surface area (Å²) < 4.78 is 0.913. The first-order chi connectivity index (χ1) is 9.31. The van der Waals surface area contributed by atoms with Crippen molar-refractivity contribution in [1.82, 2.24) is 0 Å². The van der Waals surface area contributed by atoms with E-state index in [9.17, 15) is 9.90 Å². The van der Waals surface area contributed by atoms with Gasteiger partial charge in [0.25, 0.3) is 0 Å². The summed E-state index contributed by atoms with van der Waals surface area (Å²) >= 11 is 1.47. The third-order valence-electron chi connectivity index (χ3n) is 3.08. The molecule has 1 N–H and O–H groups in total. The molecule has 3 heteroatoms. The van der Waals surface area contributed by atoms with E-state index in [4.69, 9.17) is 0 Å². The third-order valence-corrected chi connectivity index (χ3v) is 4.23. The standard InChI is InChI=1S/C16H12O2S/c17-10-14-15(11-6-2-1-3-7-11)16(18)12-8-4-5-9-13(12)19-14/h1-9,17H,10H2. The molecule has 94 valence electrons. The van der Waals surface area contributed by atoms with E-state index in [1.807, 2.05) is 54.6 Å². The summed E-state index contributed by atoms with van der Waals surface area (Å²) in [5.41, 5.74) is 1.47. The summed E-state index contributed by atoms with van der Waals surface area (Å²) in [6.07, 6.45) is 0. The van der Waals surface area contributed by atoms with Gasteiger partial charge in [0.05, 0.1) is 6.61 Å². The van der Waals surface area contributed by atoms with Crippen molar-refractivity contribution in [3.8, 4) is 11.1 Å². The first kappa shape index (κ1) is 12.1. The average Bonchev–Trinajstić information content (AvgIpc) is 2.48. The predicted molar refractivity (Wildman–Crippen MR) is 79.5 cm³/mol. The van der Waals surface area contributed by atoms with Crippen molar-refractivity contribution in [2.75, 3.05) is 0 Å². The van der Waals surface area contributed by atoms with Gasteiger partial charge in [-0.1, -0.05) is 42.5 Å². The minimum absolute atomic E-state index is 0.00963. The molecule has 0 spiro atoms.